The molecule has 0 aliphatic heterocycles. The van der Waals surface area contributed by atoms with Crippen molar-refractivity contribution in [2.24, 2.45) is 0 Å². The van der Waals surface area contributed by atoms with Gasteiger partial charge in [0.25, 0.3) is 0 Å². The lowest BCUT2D eigenvalue weighted by atomic mass is 10.3. The zero-order valence-corrected chi connectivity index (χ0v) is 10.1. The Morgan fingerprint density at radius 2 is 1.82 bits per heavy atom. The van der Waals surface area contributed by atoms with Gasteiger partial charge in [0, 0.05) is 6.04 Å². The third-order valence-electron chi connectivity index (χ3n) is 2.26. The molecule has 0 fully saturated rings. The molecule has 1 aromatic rings. The summed E-state index contributed by atoms with van der Waals surface area (Å²) in [6.07, 6.45) is 0.491. The van der Waals surface area contributed by atoms with Crippen LogP contribution in [0.4, 0.5) is 13.2 Å². The Hall–Kier alpha value is -1.08. The van der Waals surface area contributed by atoms with E-state index in [-0.39, 0.29) is 0 Å². The molecule has 0 radical (unpaired) electrons. The number of benzene rings is 1. The molecule has 0 heterocycles. The zero-order valence-electron chi connectivity index (χ0n) is 9.30. The molecule has 0 aliphatic carbocycles. The topological polar surface area (TPSA) is 46.2 Å². The van der Waals surface area contributed by atoms with Gasteiger partial charge in [0.2, 0.25) is 10.0 Å². The third kappa shape index (κ3) is 2.98. The lowest BCUT2D eigenvalue weighted by Crippen LogP contribution is -2.32. The summed E-state index contributed by atoms with van der Waals surface area (Å²) in [5, 5.41) is 0. The van der Waals surface area contributed by atoms with Gasteiger partial charge in [-0.1, -0.05) is 6.92 Å². The average molecular weight is 267 g/mol. The van der Waals surface area contributed by atoms with Crippen LogP contribution in [0.5, 0.6) is 0 Å². The Labute approximate surface area is 97.7 Å². The van der Waals surface area contributed by atoms with E-state index in [0.29, 0.717) is 18.6 Å². The van der Waals surface area contributed by atoms with Crippen LogP contribution in [0.1, 0.15) is 20.3 Å². The van der Waals surface area contributed by atoms with E-state index in [9.17, 15) is 21.6 Å². The van der Waals surface area contributed by atoms with Crippen molar-refractivity contribution < 1.29 is 21.6 Å². The number of halogens is 3. The van der Waals surface area contributed by atoms with Crippen molar-refractivity contribution in [3.8, 4) is 0 Å². The molecule has 17 heavy (non-hydrogen) atoms. The molecule has 3 nitrogen and oxygen atoms in total. The normalized spacial score (nSPS) is 13.7. The van der Waals surface area contributed by atoms with E-state index in [1.54, 1.807) is 13.8 Å². The number of hydrogen-bond donors (Lipinski definition) is 1. The molecule has 1 aromatic carbocycles. The second-order valence-electron chi connectivity index (χ2n) is 3.60. The van der Waals surface area contributed by atoms with Crippen molar-refractivity contribution in [1.29, 1.82) is 0 Å². The number of hydrogen-bond acceptors (Lipinski definition) is 2. The summed E-state index contributed by atoms with van der Waals surface area (Å²) in [5.74, 6) is -4.93. The van der Waals surface area contributed by atoms with Crippen molar-refractivity contribution >= 4 is 10.0 Å². The maximum atomic E-state index is 13.3. The first-order valence-corrected chi connectivity index (χ1v) is 6.43. The molecule has 1 atom stereocenters. The van der Waals surface area contributed by atoms with Gasteiger partial charge in [0.15, 0.2) is 17.5 Å². The van der Waals surface area contributed by atoms with Gasteiger partial charge in [0.1, 0.15) is 4.90 Å². The minimum Gasteiger partial charge on any atom is -0.208 e. The molecular weight excluding hydrogens is 255 g/mol. The van der Waals surface area contributed by atoms with Crippen LogP contribution in [0.2, 0.25) is 0 Å². The maximum Gasteiger partial charge on any atom is 0.243 e. The van der Waals surface area contributed by atoms with Crippen LogP contribution in [0.15, 0.2) is 17.0 Å². The van der Waals surface area contributed by atoms with Crippen LogP contribution >= 0.6 is 0 Å². The minimum atomic E-state index is -4.17. The molecule has 0 bridgehead atoms. The van der Waals surface area contributed by atoms with Crippen molar-refractivity contribution in [3.05, 3.63) is 29.6 Å². The highest BCUT2D eigenvalue weighted by Gasteiger charge is 2.24. The SMILES string of the molecule is CC[C@H](C)NS(=O)(=O)c1ccc(F)c(F)c1F. The van der Waals surface area contributed by atoms with Gasteiger partial charge in [-0.15, -0.1) is 0 Å². The minimum absolute atomic E-state index is 0.424. The van der Waals surface area contributed by atoms with Crippen LogP contribution in [0.25, 0.3) is 0 Å². The summed E-state index contributed by atoms with van der Waals surface area (Å²) in [4.78, 5) is -0.892. The molecule has 1 N–H and O–H groups in total. The van der Waals surface area contributed by atoms with Crippen LogP contribution < -0.4 is 4.72 Å². The van der Waals surface area contributed by atoms with Crippen LogP contribution in [-0.4, -0.2) is 14.5 Å². The first-order valence-electron chi connectivity index (χ1n) is 4.95. The molecule has 0 saturated carbocycles. The molecule has 96 valence electrons. The van der Waals surface area contributed by atoms with E-state index < -0.39 is 38.4 Å². The fourth-order valence-electron chi connectivity index (χ4n) is 1.13. The Morgan fingerprint density at radius 3 is 2.35 bits per heavy atom. The zero-order chi connectivity index (χ0) is 13.2. The summed E-state index contributed by atoms with van der Waals surface area (Å²) in [6.45, 7) is 3.31. The van der Waals surface area contributed by atoms with E-state index in [2.05, 4.69) is 4.72 Å². The van der Waals surface area contributed by atoms with Crippen LogP contribution in [0.3, 0.4) is 0 Å². The van der Waals surface area contributed by atoms with Gasteiger partial charge in [-0.2, -0.15) is 0 Å². The van der Waals surface area contributed by atoms with Gasteiger partial charge < -0.3 is 0 Å². The largest absolute Gasteiger partial charge is 0.243 e. The lowest BCUT2D eigenvalue weighted by molar-refractivity contribution is 0.431. The Bertz CT molecular complexity index is 517. The smallest absolute Gasteiger partial charge is 0.208 e. The van der Waals surface area contributed by atoms with Crippen LogP contribution in [0, 0.1) is 17.5 Å². The monoisotopic (exact) mass is 267 g/mol. The Kier molecular flexibility index (Phi) is 4.16. The fraction of sp³-hybridized carbons (Fsp3) is 0.400. The molecule has 0 aromatic heterocycles. The predicted octanol–water partition coefficient (Wildman–Crippen LogP) is 2.18. The van der Waals surface area contributed by atoms with Gasteiger partial charge in [-0.3, -0.25) is 0 Å². The highest BCUT2D eigenvalue weighted by atomic mass is 32.2. The first-order chi connectivity index (χ1) is 7.79. The molecule has 0 aliphatic rings. The van der Waals surface area contributed by atoms with E-state index in [4.69, 9.17) is 0 Å². The van der Waals surface area contributed by atoms with E-state index in [1.807, 2.05) is 0 Å². The first kappa shape index (κ1) is 14.0. The highest BCUT2D eigenvalue weighted by Crippen LogP contribution is 2.19. The second-order valence-corrected chi connectivity index (χ2v) is 5.29. The van der Waals surface area contributed by atoms with Crippen molar-refractivity contribution in [3.63, 3.8) is 0 Å². The van der Waals surface area contributed by atoms with Gasteiger partial charge in [-0.05, 0) is 25.5 Å². The summed E-state index contributed by atoms with van der Waals surface area (Å²) in [5.41, 5.74) is 0. The van der Waals surface area contributed by atoms with Crippen molar-refractivity contribution in [2.45, 2.75) is 31.2 Å². The van der Waals surface area contributed by atoms with E-state index >= 15 is 0 Å². The maximum absolute atomic E-state index is 13.3. The quantitative estimate of drug-likeness (QED) is 0.850. The molecular formula is C10H12F3NO2S. The second kappa shape index (κ2) is 5.05. The summed E-state index contributed by atoms with van der Waals surface area (Å²) < 4.78 is 64.3. The number of nitrogens with one attached hydrogen (secondary N) is 1. The Balaban J connectivity index is 3.21. The van der Waals surface area contributed by atoms with Crippen molar-refractivity contribution in [1.82, 2.24) is 4.72 Å². The standard InChI is InChI=1S/C10H12F3NO2S/c1-3-6(2)14-17(15,16)8-5-4-7(11)9(12)10(8)13/h4-6,14H,3H2,1-2H3/t6-/m0/s1. The Morgan fingerprint density at radius 1 is 1.24 bits per heavy atom. The van der Waals surface area contributed by atoms with Gasteiger partial charge in [-0.25, -0.2) is 26.3 Å². The molecule has 7 heteroatoms. The fourth-order valence-corrected chi connectivity index (χ4v) is 2.52. The number of sulfonamides is 1. The molecule has 0 saturated heterocycles. The predicted molar refractivity (Wildman–Crippen MR) is 56.4 cm³/mol. The summed E-state index contributed by atoms with van der Waals surface area (Å²) >= 11 is 0. The molecule has 1 rings (SSSR count). The molecule has 0 unspecified atom stereocenters. The van der Waals surface area contributed by atoms with Crippen molar-refractivity contribution in [2.75, 3.05) is 0 Å². The summed E-state index contributed by atoms with van der Waals surface area (Å²) in [6, 6.07) is 0.842. The molecule has 0 spiro atoms. The van der Waals surface area contributed by atoms with E-state index in [0.717, 1.165) is 0 Å². The highest BCUT2D eigenvalue weighted by molar-refractivity contribution is 7.89. The number of rotatable bonds is 4. The van der Waals surface area contributed by atoms with Gasteiger partial charge in [0.05, 0.1) is 0 Å². The summed E-state index contributed by atoms with van der Waals surface area (Å²) in [7, 11) is -4.17. The molecule has 0 amide bonds. The van der Waals surface area contributed by atoms with E-state index in [1.165, 1.54) is 0 Å². The van der Waals surface area contributed by atoms with Crippen LogP contribution in [-0.2, 0) is 10.0 Å². The third-order valence-corrected chi connectivity index (χ3v) is 3.86. The van der Waals surface area contributed by atoms with Gasteiger partial charge >= 0.3 is 0 Å². The lowest BCUT2D eigenvalue weighted by Gasteiger charge is -2.12. The average Bonchev–Trinajstić information content (AvgIpc) is 2.24.